The Morgan fingerprint density at radius 2 is 1.41 bits per heavy atom. The fraction of sp³-hybridized carbons (Fsp3) is 0.0417. The van der Waals surface area contributed by atoms with Crippen molar-refractivity contribution in [1.29, 1.82) is 0 Å². The molecule has 140 valence electrons. The molecule has 1 aliphatic rings. The molecule has 29 heavy (non-hydrogen) atoms. The zero-order valence-corrected chi connectivity index (χ0v) is 16.3. The first-order valence-corrected chi connectivity index (χ1v) is 10.2. The summed E-state index contributed by atoms with van der Waals surface area (Å²) in [6.45, 7) is 0. The number of hydrogen-bond donors (Lipinski definition) is 0. The maximum Gasteiger partial charge on any atom is 0.271 e. The first-order chi connectivity index (χ1) is 14.3. The molecule has 5 rings (SSSR count). The third-order valence-corrected chi connectivity index (χ3v) is 5.85. The van der Waals surface area contributed by atoms with Crippen molar-refractivity contribution in [3.8, 4) is 0 Å². The second kappa shape index (κ2) is 7.45. The molecule has 5 heteroatoms. The second-order valence-electron chi connectivity index (χ2n) is 6.74. The van der Waals surface area contributed by atoms with Gasteiger partial charge in [-0.25, -0.2) is 0 Å². The SMILES string of the molecule is O=c1/c(=C\c2ccccc2)sc2n1[C@@H](c1ccccc1)C(c1ccccc1)=NN=2. The van der Waals surface area contributed by atoms with Crippen molar-refractivity contribution in [3.63, 3.8) is 0 Å². The molecule has 1 atom stereocenters. The number of aromatic nitrogens is 1. The molecular formula is C24H17N3OS. The molecule has 0 radical (unpaired) electrons. The van der Waals surface area contributed by atoms with Crippen LogP contribution in [0.5, 0.6) is 0 Å². The van der Waals surface area contributed by atoms with Crippen LogP contribution in [0, 0.1) is 0 Å². The number of benzene rings is 3. The van der Waals surface area contributed by atoms with Gasteiger partial charge in [0.1, 0.15) is 6.04 Å². The van der Waals surface area contributed by atoms with E-state index < -0.39 is 0 Å². The Balaban J connectivity index is 1.74. The standard InChI is InChI=1S/C24H17N3OS/c28-23-20(16-17-10-4-1-5-11-17)29-24-26-25-21(18-12-6-2-7-13-18)22(27(23)24)19-14-8-3-9-15-19/h1-16,22H/b20-16+/t22-/m0/s1. The molecule has 1 aliphatic heterocycles. The lowest BCUT2D eigenvalue weighted by molar-refractivity contribution is 0.657. The molecule has 0 spiro atoms. The molecule has 0 N–H and O–H groups in total. The van der Waals surface area contributed by atoms with E-state index in [0.717, 1.165) is 22.4 Å². The van der Waals surface area contributed by atoms with E-state index in [-0.39, 0.29) is 11.6 Å². The Morgan fingerprint density at radius 1 is 0.793 bits per heavy atom. The monoisotopic (exact) mass is 395 g/mol. The zero-order chi connectivity index (χ0) is 19.6. The minimum absolute atomic E-state index is 0.0465. The molecule has 1 aromatic heterocycles. The molecule has 2 heterocycles. The summed E-state index contributed by atoms with van der Waals surface area (Å²) in [6.07, 6.45) is 1.91. The van der Waals surface area contributed by atoms with E-state index in [1.165, 1.54) is 11.3 Å². The van der Waals surface area contributed by atoms with Gasteiger partial charge < -0.3 is 0 Å². The molecule has 0 saturated heterocycles. The van der Waals surface area contributed by atoms with Crippen LogP contribution in [-0.4, -0.2) is 10.3 Å². The van der Waals surface area contributed by atoms with E-state index in [9.17, 15) is 4.79 Å². The summed E-state index contributed by atoms with van der Waals surface area (Å²) in [4.78, 5) is 14.0. The Morgan fingerprint density at radius 3 is 2.10 bits per heavy atom. The van der Waals surface area contributed by atoms with Gasteiger partial charge in [0.25, 0.3) is 5.56 Å². The number of hydrogen-bond acceptors (Lipinski definition) is 4. The first-order valence-electron chi connectivity index (χ1n) is 9.35. The lowest BCUT2D eigenvalue weighted by atomic mass is 9.96. The number of rotatable bonds is 3. The molecule has 0 unspecified atom stereocenters. The Labute approximate surface area is 171 Å². The summed E-state index contributed by atoms with van der Waals surface area (Å²) in [5, 5.41) is 8.94. The van der Waals surface area contributed by atoms with Gasteiger partial charge in [-0.15, -0.1) is 10.2 Å². The maximum absolute atomic E-state index is 13.4. The largest absolute Gasteiger partial charge is 0.271 e. The Bertz CT molecular complexity index is 1350. The molecule has 3 aromatic carbocycles. The second-order valence-corrected chi connectivity index (χ2v) is 7.75. The summed E-state index contributed by atoms with van der Waals surface area (Å²) in [7, 11) is 0. The van der Waals surface area contributed by atoms with Crippen LogP contribution >= 0.6 is 11.3 Å². The van der Waals surface area contributed by atoms with Gasteiger partial charge in [-0.1, -0.05) is 102 Å². The van der Waals surface area contributed by atoms with E-state index in [1.54, 1.807) is 4.57 Å². The van der Waals surface area contributed by atoms with Crippen LogP contribution in [0.4, 0.5) is 0 Å². The fourth-order valence-electron chi connectivity index (χ4n) is 3.53. The molecule has 0 saturated carbocycles. The average Bonchev–Trinajstić information content (AvgIpc) is 3.10. The third-order valence-electron chi connectivity index (χ3n) is 4.88. The molecule has 4 aromatic rings. The number of thiazole rings is 1. The molecular weight excluding hydrogens is 378 g/mol. The predicted octanol–water partition coefficient (Wildman–Crippen LogP) is 3.37. The van der Waals surface area contributed by atoms with Crippen LogP contribution in [0.3, 0.4) is 0 Å². The number of nitrogens with zero attached hydrogens (tertiary/aromatic N) is 3. The average molecular weight is 395 g/mol. The summed E-state index contributed by atoms with van der Waals surface area (Å²) in [5.74, 6) is 0. The third kappa shape index (κ3) is 3.26. The highest BCUT2D eigenvalue weighted by atomic mass is 32.1. The van der Waals surface area contributed by atoms with Gasteiger partial charge in [-0.2, -0.15) is 0 Å². The summed E-state index contributed by atoms with van der Waals surface area (Å²) < 4.78 is 2.42. The van der Waals surface area contributed by atoms with Crippen LogP contribution in [0.2, 0.25) is 0 Å². The Kier molecular flexibility index (Phi) is 4.50. The van der Waals surface area contributed by atoms with Gasteiger partial charge in [0.15, 0.2) is 0 Å². The predicted molar refractivity (Wildman–Crippen MR) is 117 cm³/mol. The maximum atomic E-state index is 13.4. The lowest BCUT2D eigenvalue weighted by Gasteiger charge is -2.22. The van der Waals surface area contributed by atoms with E-state index in [2.05, 4.69) is 10.2 Å². The molecule has 0 bridgehead atoms. The van der Waals surface area contributed by atoms with E-state index >= 15 is 0 Å². The van der Waals surface area contributed by atoms with E-state index in [4.69, 9.17) is 0 Å². The van der Waals surface area contributed by atoms with Crippen molar-refractivity contribution in [1.82, 2.24) is 4.57 Å². The lowest BCUT2D eigenvalue weighted by Crippen LogP contribution is -2.40. The minimum Gasteiger partial charge on any atom is -0.268 e. The normalized spacial score (nSPS) is 16.1. The fourth-order valence-corrected chi connectivity index (χ4v) is 4.47. The van der Waals surface area contributed by atoms with Crippen molar-refractivity contribution in [2.75, 3.05) is 0 Å². The van der Waals surface area contributed by atoms with Gasteiger partial charge in [0.05, 0.1) is 10.2 Å². The Hall–Kier alpha value is -3.57. The highest BCUT2D eigenvalue weighted by Crippen LogP contribution is 2.23. The van der Waals surface area contributed by atoms with Crippen molar-refractivity contribution in [2.24, 2.45) is 10.2 Å². The summed E-state index contributed by atoms with van der Waals surface area (Å²) in [6, 6.07) is 29.5. The van der Waals surface area contributed by atoms with Crippen molar-refractivity contribution >= 4 is 23.1 Å². The van der Waals surface area contributed by atoms with Gasteiger partial charge in [-0.3, -0.25) is 9.36 Å². The van der Waals surface area contributed by atoms with Gasteiger partial charge in [0.2, 0.25) is 4.80 Å². The van der Waals surface area contributed by atoms with Gasteiger partial charge in [0, 0.05) is 5.56 Å². The van der Waals surface area contributed by atoms with E-state index in [1.807, 2.05) is 97.1 Å². The van der Waals surface area contributed by atoms with Crippen LogP contribution in [0.25, 0.3) is 6.08 Å². The zero-order valence-electron chi connectivity index (χ0n) is 15.5. The van der Waals surface area contributed by atoms with Gasteiger partial charge >= 0.3 is 0 Å². The van der Waals surface area contributed by atoms with Crippen molar-refractivity contribution < 1.29 is 0 Å². The van der Waals surface area contributed by atoms with Crippen LogP contribution in [0.15, 0.2) is 106 Å². The topological polar surface area (TPSA) is 46.7 Å². The van der Waals surface area contributed by atoms with E-state index in [0.29, 0.717) is 9.33 Å². The van der Waals surface area contributed by atoms with Gasteiger partial charge in [-0.05, 0) is 17.2 Å². The molecule has 4 nitrogen and oxygen atoms in total. The molecule has 0 aliphatic carbocycles. The molecule has 0 amide bonds. The smallest absolute Gasteiger partial charge is 0.268 e. The van der Waals surface area contributed by atoms with Crippen molar-refractivity contribution in [2.45, 2.75) is 6.04 Å². The quantitative estimate of drug-likeness (QED) is 0.525. The summed E-state index contributed by atoms with van der Waals surface area (Å²) >= 11 is 1.37. The van der Waals surface area contributed by atoms with Crippen molar-refractivity contribution in [3.05, 3.63) is 127 Å². The minimum atomic E-state index is -0.312. The van der Waals surface area contributed by atoms with Crippen LogP contribution < -0.4 is 14.9 Å². The van der Waals surface area contributed by atoms with Crippen LogP contribution in [-0.2, 0) is 0 Å². The first kappa shape index (κ1) is 17.5. The molecule has 0 fully saturated rings. The van der Waals surface area contributed by atoms with Crippen LogP contribution in [0.1, 0.15) is 22.7 Å². The highest BCUT2D eigenvalue weighted by molar-refractivity contribution is 7.07. The number of fused-ring (bicyclic) bond motifs is 1. The highest BCUT2D eigenvalue weighted by Gasteiger charge is 2.28. The summed E-state index contributed by atoms with van der Waals surface area (Å²) in [5.41, 5.74) is 3.69.